The Morgan fingerprint density at radius 1 is 1.41 bits per heavy atom. The second kappa shape index (κ2) is 5.05. The van der Waals surface area contributed by atoms with Gasteiger partial charge in [0.05, 0.1) is 5.75 Å². The van der Waals surface area contributed by atoms with Crippen LogP contribution < -0.4 is 0 Å². The fraction of sp³-hybridized carbons (Fsp3) is 0.167. The summed E-state index contributed by atoms with van der Waals surface area (Å²) in [6, 6.07) is 9.56. The van der Waals surface area contributed by atoms with Crippen molar-refractivity contribution in [3.8, 4) is 0 Å². The molecule has 0 aliphatic carbocycles. The first-order chi connectivity index (χ1) is 8.15. The fourth-order valence-corrected chi connectivity index (χ4v) is 2.04. The molecule has 0 unspecified atom stereocenters. The zero-order valence-electron chi connectivity index (χ0n) is 9.21. The SMILES string of the molecule is Cc1ccc(SCc2cc(C(=O)O)no2)cc1. The summed E-state index contributed by atoms with van der Waals surface area (Å²) < 4.78 is 4.92. The van der Waals surface area contributed by atoms with E-state index >= 15 is 0 Å². The van der Waals surface area contributed by atoms with Crippen LogP contribution in [-0.2, 0) is 5.75 Å². The van der Waals surface area contributed by atoms with Gasteiger partial charge in [-0.05, 0) is 19.1 Å². The highest BCUT2D eigenvalue weighted by Gasteiger charge is 2.10. The van der Waals surface area contributed by atoms with Crippen LogP contribution in [0.15, 0.2) is 39.8 Å². The third-order valence-electron chi connectivity index (χ3n) is 2.18. The lowest BCUT2D eigenvalue weighted by Gasteiger charge is -1.98. The average Bonchev–Trinajstić information content (AvgIpc) is 2.77. The van der Waals surface area contributed by atoms with Crippen LogP contribution in [0.2, 0.25) is 0 Å². The van der Waals surface area contributed by atoms with E-state index in [9.17, 15) is 4.79 Å². The van der Waals surface area contributed by atoms with Crippen LogP contribution >= 0.6 is 11.8 Å². The van der Waals surface area contributed by atoms with Crippen LogP contribution in [0, 0.1) is 6.92 Å². The molecule has 2 aromatic rings. The highest BCUT2D eigenvalue weighted by molar-refractivity contribution is 7.98. The van der Waals surface area contributed by atoms with Crippen LogP contribution in [0.1, 0.15) is 21.8 Å². The Morgan fingerprint density at radius 2 is 2.12 bits per heavy atom. The Morgan fingerprint density at radius 3 is 2.71 bits per heavy atom. The largest absolute Gasteiger partial charge is 0.476 e. The minimum Gasteiger partial charge on any atom is -0.476 e. The van der Waals surface area contributed by atoms with E-state index in [0.29, 0.717) is 11.5 Å². The molecule has 0 bridgehead atoms. The molecule has 0 aliphatic rings. The van der Waals surface area contributed by atoms with Gasteiger partial charge < -0.3 is 9.63 Å². The molecule has 4 nitrogen and oxygen atoms in total. The number of benzene rings is 1. The molecule has 1 heterocycles. The molecule has 0 amide bonds. The van der Waals surface area contributed by atoms with Gasteiger partial charge in [0.2, 0.25) is 0 Å². The highest BCUT2D eigenvalue weighted by atomic mass is 32.2. The van der Waals surface area contributed by atoms with Gasteiger partial charge in [-0.2, -0.15) is 0 Å². The summed E-state index contributed by atoms with van der Waals surface area (Å²) in [5, 5.41) is 12.1. The minimum absolute atomic E-state index is 0.0514. The number of nitrogens with zero attached hydrogens (tertiary/aromatic N) is 1. The molecule has 2 rings (SSSR count). The van der Waals surface area contributed by atoms with Gasteiger partial charge in [0.25, 0.3) is 0 Å². The van der Waals surface area contributed by atoms with E-state index < -0.39 is 5.97 Å². The number of carboxylic acid groups (broad SMARTS) is 1. The van der Waals surface area contributed by atoms with E-state index in [0.717, 1.165) is 4.90 Å². The van der Waals surface area contributed by atoms with Crippen molar-refractivity contribution in [3.05, 3.63) is 47.3 Å². The first-order valence-corrected chi connectivity index (χ1v) is 6.02. The van der Waals surface area contributed by atoms with Gasteiger partial charge in [-0.15, -0.1) is 11.8 Å². The molecule has 1 N–H and O–H groups in total. The lowest BCUT2D eigenvalue weighted by molar-refractivity contribution is 0.0685. The summed E-state index contributed by atoms with van der Waals surface area (Å²) in [7, 11) is 0. The van der Waals surface area contributed by atoms with Crippen LogP contribution in [-0.4, -0.2) is 16.2 Å². The van der Waals surface area contributed by atoms with Crippen LogP contribution in [0.25, 0.3) is 0 Å². The second-order valence-electron chi connectivity index (χ2n) is 3.59. The number of carbonyl (C=O) groups is 1. The molecule has 0 atom stereocenters. The number of rotatable bonds is 4. The molecule has 1 aromatic heterocycles. The molecular formula is C12H11NO3S. The van der Waals surface area contributed by atoms with E-state index in [1.54, 1.807) is 11.8 Å². The maximum Gasteiger partial charge on any atom is 0.358 e. The average molecular weight is 249 g/mol. The Hall–Kier alpha value is -1.75. The third kappa shape index (κ3) is 3.10. The van der Waals surface area contributed by atoms with E-state index in [1.165, 1.54) is 11.6 Å². The quantitative estimate of drug-likeness (QED) is 0.844. The van der Waals surface area contributed by atoms with E-state index in [1.807, 2.05) is 31.2 Å². The first kappa shape index (κ1) is 11.7. The second-order valence-corrected chi connectivity index (χ2v) is 4.63. The predicted molar refractivity (Wildman–Crippen MR) is 64.2 cm³/mol. The number of aromatic carboxylic acids is 1. The smallest absolute Gasteiger partial charge is 0.358 e. The predicted octanol–water partition coefficient (Wildman–Crippen LogP) is 2.97. The number of aromatic nitrogens is 1. The lowest BCUT2D eigenvalue weighted by Crippen LogP contribution is -1.94. The highest BCUT2D eigenvalue weighted by Crippen LogP contribution is 2.23. The molecule has 0 saturated carbocycles. The van der Waals surface area contributed by atoms with Crippen molar-refractivity contribution in [2.45, 2.75) is 17.6 Å². The maximum atomic E-state index is 10.6. The normalized spacial score (nSPS) is 10.4. The zero-order valence-corrected chi connectivity index (χ0v) is 10.0. The van der Waals surface area contributed by atoms with Gasteiger partial charge in [-0.1, -0.05) is 22.9 Å². The van der Waals surface area contributed by atoms with Crippen molar-refractivity contribution in [2.24, 2.45) is 0 Å². The van der Waals surface area contributed by atoms with Crippen molar-refractivity contribution in [3.63, 3.8) is 0 Å². The number of thioether (sulfide) groups is 1. The molecule has 1 aromatic carbocycles. The molecular weight excluding hydrogens is 238 g/mol. The van der Waals surface area contributed by atoms with Crippen LogP contribution in [0.4, 0.5) is 0 Å². The van der Waals surface area contributed by atoms with Crippen molar-refractivity contribution in [1.29, 1.82) is 0 Å². The Balaban J connectivity index is 1.97. The van der Waals surface area contributed by atoms with Crippen molar-refractivity contribution in [2.75, 3.05) is 0 Å². The van der Waals surface area contributed by atoms with Crippen molar-refractivity contribution < 1.29 is 14.4 Å². The van der Waals surface area contributed by atoms with Crippen LogP contribution in [0.5, 0.6) is 0 Å². The van der Waals surface area contributed by atoms with Gasteiger partial charge in [-0.3, -0.25) is 0 Å². The molecule has 17 heavy (non-hydrogen) atoms. The van der Waals surface area contributed by atoms with Crippen LogP contribution in [0.3, 0.4) is 0 Å². The number of hydrogen-bond acceptors (Lipinski definition) is 4. The topological polar surface area (TPSA) is 63.3 Å². The minimum atomic E-state index is -1.07. The number of aryl methyl sites for hydroxylation is 1. The molecule has 88 valence electrons. The Labute approximate surface area is 103 Å². The van der Waals surface area contributed by atoms with E-state index in [-0.39, 0.29) is 5.69 Å². The van der Waals surface area contributed by atoms with Gasteiger partial charge in [0, 0.05) is 11.0 Å². The summed E-state index contributed by atoms with van der Waals surface area (Å²) in [6.07, 6.45) is 0. The van der Waals surface area contributed by atoms with Gasteiger partial charge in [0.15, 0.2) is 5.69 Å². The monoisotopic (exact) mass is 249 g/mol. The third-order valence-corrected chi connectivity index (χ3v) is 3.21. The van der Waals surface area contributed by atoms with E-state index in [4.69, 9.17) is 9.63 Å². The lowest BCUT2D eigenvalue weighted by atomic mass is 10.2. The molecule has 0 saturated heterocycles. The van der Waals surface area contributed by atoms with Crippen molar-refractivity contribution >= 4 is 17.7 Å². The van der Waals surface area contributed by atoms with Gasteiger partial charge in [-0.25, -0.2) is 4.79 Å². The first-order valence-electron chi connectivity index (χ1n) is 5.03. The van der Waals surface area contributed by atoms with Gasteiger partial charge >= 0.3 is 5.97 Å². The number of carboxylic acids is 1. The number of hydrogen-bond donors (Lipinski definition) is 1. The summed E-state index contributed by atoms with van der Waals surface area (Å²) in [5.41, 5.74) is 1.16. The van der Waals surface area contributed by atoms with Crippen molar-refractivity contribution in [1.82, 2.24) is 5.16 Å². The summed E-state index contributed by atoms with van der Waals surface area (Å²) >= 11 is 1.58. The maximum absolute atomic E-state index is 10.6. The fourth-order valence-electron chi connectivity index (χ4n) is 1.27. The molecule has 0 aliphatic heterocycles. The van der Waals surface area contributed by atoms with E-state index in [2.05, 4.69) is 5.16 Å². The zero-order chi connectivity index (χ0) is 12.3. The molecule has 0 radical (unpaired) electrons. The molecule has 0 fully saturated rings. The Kier molecular flexibility index (Phi) is 3.49. The molecule has 5 heteroatoms. The standard InChI is InChI=1S/C12H11NO3S/c1-8-2-4-10(5-3-8)17-7-9-6-11(12(14)15)13-16-9/h2-6H,7H2,1H3,(H,14,15). The Bertz CT molecular complexity index is 519. The summed E-state index contributed by atoms with van der Waals surface area (Å²) in [6.45, 7) is 2.03. The summed E-state index contributed by atoms with van der Waals surface area (Å²) in [4.78, 5) is 11.7. The summed E-state index contributed by atoms with van der Waals surface area (Å²) in [5.74, 6) is 0.0666. The van der Waals surface area contributed by atoms with Gasteiger partial charge in [0.1, 0.15) is 5.76 Å². The molecule has 0 spiro atoms.